The lowest BCUT2D eigenvalue weighted by Gasteiger charge is -2.06. The van der Waals surface area contributed by atoms with E-state index in [4.69, 9.17) is 4.74 Å². The van der Waals surface area contributed by atoms with Crippen LogP contribution in [0.25, 0.3) is 16.2 Å². The number of hydrogen-bond donors (Lipinski definition) is 2. The lowest BCUT2D eigenvalue weighted by molar-refractivity contribution is -0.116. The van der Waals surface area contributed by atoms with Gasteiger partial charge in [-0.05, 0) is 48.2 Å². The maximum absolute atomic E-state index is 12.2. The molecule has 3 rings (SSSR count). The largest absolute Gasteiger partial charge is 0.462 e. The van der Waals surface area contributed by atoms with Crippen LogP contribution in [0.1, 0.15) is 28.6 Å². The number of esters is 1. The van der Waals surface area contributed by atoms with Crippen molar-refractivity contribution in [2.45, 2.75) is 13.3 Å². The molecule has 9 heteroatoms. The van der Waals surface area contributed by atoms with Crippen molar-refractivity contribution in [3.63, 3.8) is 0 Å². The van der Waals surface area contributed by atoms with Crippen molar-refractivity contribution >= 4 is 55.1 Å². The quantitative estimate of drug-likeness (QED) is 0.472. The molecule has 0 aliphatic heterocycles. The minimum Gasteiger partial charge on any atom is -0.462 e. The standard InChI is InChI=1S/C22H22N2O5S2/c1-2-29-22(26)20-15-17-14-18(8-9-19(17)30-20)24-21(25)10-12-23-31(27,28)13-11-16-6-4-3-5-7-16/h3-9,11,13-15,23H,2,10,12H2,1H3,(H,24,25)/b13-11+. The van der Waals surface area contributed by atoms with Gasteiger partial charge in [-0.2, -0.15) is 0 Å². The number of carbonyl (C=O) groups is 2. The predicted molar refractivity (Wildman–Crippen MR) is 123 cm³/mol. The summed E-state index contributed by atoms with van der Waals surface area (Å²) >= 11 is 1.32. The third kappa shape index (κ3) is 6.74. The summed E-state index contributed by atoms with van der Waals surface area (Å²) < 4.78 is 32.3. The summed E-state index contributed by atoms with van der Waals surface area (Å²) in [4.78, 5) is 24.5. The Balaban J connectivity index is 1.52. The smallest absolute Gasteiger partial charge is 0.348 e. The molecule has 0 spiro atoms. The van der Waals surface area contributed by atoms with Gasteiger partial charge in [0.2, 0.25) is 15.9 Å². The van der Waals surface area contributed by atoms with Crippen LogP contribution in [0.4, 0.5) is 5.69 Å². The van der Waals surface area contributed by atoms with Crippen LogP contribution in [0.15, 0.2) is 60.0 Å². The molecule has 0 bridgehead atoms. The molecule has 1 amide bonds. The molecular formula is C22H22N2O5S2. The van der Waals surface area contributed by atoms with E-state index in [2.05, 4.69) is 10.0 Å². The molecule has 0 saturated carbocycles. The monoisotopic (exact) mass is 458 g/mol. The van der Waals surface area contributed by atoms with Crippen LogP contribution in [0.5, 0.6) is 0 Å². The average molecular weight is 459 g/mol. The summed E-state index contributed by atoms with van der Waals surface area (Å²) in [6, 6.07) is 16.1. The normalized spacial score (nSPS) is 11.6. The van der Waals surface area contributed by atoms with Gasteiger partial charge in [0.15, 0.2) is 0 Å². The van der Waals surface area contributed by atoms with Crippen molar-refractivity contribution in [3.8, 4) is 0 Å². The summed E-state index contributed by atoms with van der Waals surface area (Å²) in [6.45, 7) is 2.03. The Kier molecular flexibility index (Phi) is 7.56. The van der Waals surface area contributed by atoms with Gasteiger partial charge < -0.3 is 10.1 Å². The number of hydrogen-bond acceptors (Lipinski definition) is 6. The first-order chi connectivity index (χ1) is 14.9. The van der Waals surface area contributed by atoms with Crippen molar-refractivity contribution in [2.75, 3.05) is 18.5 Å². The second-order valence-corrected chi connectivity index (χ2v) is 9.27. The molecule has 31 heavy (non-hydrogen) atoms. The first kappa shape index (κ1) is 22.7. The first-order valence-electron chi connectivity index (χ1n) is 9.59. The molecular weight excluding hydrogens is 436 g/mol. The lowest BCUT2D eigenvalue weighted by atomic mass is 10.2. The van der Waals surface area contributed by atoms with Crippen LogP contribution < -0.4 is 10.0 Å². The number of nitrogens with one attached hydrogen (secondary N) is 2. The minimum absolute atomic E-state index is 0.0197. The summed E-state index contributed by atoms with van der Waals surface area (Å²) in [6.07, 6.45) is 1.47. The fourth-order valence-electron chi connectivity index (χ4n) is 2.73. The second-order valence-electron chi connectivity index (χ2n) is 6.53. The van der Waals surface area contributed by atoms with Crippen molar-refractivity contribution in [3.05, 3.63) is 70.4 Å². The number of amides is 1. The fraction of sp³-hybridized carbons (Fsp3) is 0.182. The van der Waals surface area contributed by atoms with Gasteiger partial charge in [-0.15, -0.1) is 11.3 Å². The van der Waals surface area contributed by atoms with Gasteiger partial charge in [0, 0.05) is 28.8 Å². The Hall–Kier alpha value is -3.01. The van der Waals surface area contributed by atoms with Crippen molar-refractivity contribution < 1.29 is 22.7 Å². The maximum atomic E-state index is 12.2. The Morgan fingerprint density at radius 1 is 1.10 bits per heavy atom. The molecule has 2 aromatic carbocycles. The van der Waals surface area contributed by atoms with E-state index in [0.29, 0.717) is 17.2 Å². The molecule has 0 radical (unpaired) electrons. The van der Waals surface area contributed by atoms with Crippen molar-refractivity contribution in [1.82, 2.24) is 4.72 Å². The lowest BCUT2D eigenvalue weighted by Crippen LogP contribution is -2.26. The Morgan fingerprint density at radius 2 is 1.87 bits per heavy atom. The SMILES string of the molecule is CCOC(=O)c1cc2cc(NC(=O)CCNS(=O)(=O)/C=C/c3ccccc3)ccc2s1. The molecule has 0 unspecified atom stereocenters. The third-order valence-electron chi connectivity index (χ3n) is 4.17. The number of benzene rings is 2. The van der Waals surface area contributed by atoms with Gasteiger partial charge in [-0.3, -0.25) is 4.79 Å². The number of sulfonamides is 1. The molecule has 0 atom stereocenters. The zero-order valence-electron chi connectivity index (χ0n) is 16.8. The molecule has 0 fully saturated rings. The zero-order valence-corrected chi connectivity index (χ0v) is 18.5. The van der Waals surface area contributed by atoms with E-state index in [0.717, 1.165) is 21.1 Å². The molecule has 1 aromatic heterocycles. The minimum atomic E-state index is -3.64. The molecule has 0 aliphatic rings. The summed E-state index contributed by atoms with van der Waals surface area (Å²) in [5, 5.41) is 4.63. The highest BCUT2D eigenvalue weighted by atomic mass is 32.2. The summed E-state index contributed by atoms with van der Waals surface area (Å²) in [5.41, 5.74) is 1.33. The molecule has 2 N–H and O–H groups in total. The van der Waals surface area contributed by atoms with Crippen LogP contribution in [0, 0.1) is 0 Å². The number of ether oxygens (including phenoxy) is 1. The van der Waals surface area contributed by atoms with E-state index in [9.17, 15) is 18.0 Å². The van der Waals surface area contributed by atoms with E-state index in [-0.39, 0.29) is 24.8 Å². The highest BCUT2D eigenvalue weighted by Gasteiger charge is 2.12. The van der Waals surface area contributed by atoms with E-state index in [1.165, 1.54) is 17.4 Å². The van der Waals surface area contributed by atoms with Crippen molar-refractivity contribution in [1.29, 1.82) is 0 Å². The van der Waals surface area contributed by atoms with Gasteiger partial charge in [-0.25, -0.2) is 17.9 Å². The number of fused-ring (bicyclic) bond motifs is 1. The van der Waals surface area contributed by atoms with Crippen LogP contribution >= 0.6 is 11.3 Å². The first-order valence-corrected chi connectivity index (χ1v) is 12.0. The van der Waals surface area contributed by atoms with Gasteiger partial charge in [-0.1, -0.05) is 30.3 Å². The van der Waals surface area contributed by atoms with Crippen LogP contribution in [0.2, 0.25) is 0 Å². The third-order valence-corrected chi connectivity index (χ3v) is 6.37. The highest BCUT2D eigenvalue weighted by Crippen LogP contribution is 2.28. The Morgan fingerprint density at radius 3 is 2.61 bits per heavy atom. The molecule has 162 valence electrons. The van der Waals surface area contributed by atoms with Gasteiger partial charge in [0.1, 0.15) is 4.88 Å². The number of rotatable bonds is 9. The highest BCUT2D eigenvalue weighted by molar-refractivity contribution is 7.92. The molecule has 1 heterocycles. The van der Waals surface area contributed by atoms with Crippen LogP contribution in [-0.4, -0.2) is 33.4 Å². The summed E-state index contributed by atoms with van der Waals surface area (Å²) in [5.74, 6) is -0.696. The van der Waals surface area contributed by atoms with Gasteiger partial charge in [0.05, 0.1) is 6.61 Å². The maximum Gasteiger partial charge on any atom is 0.348 e. The van der Waals surface area contributed by atoms with E-state index < -0.39 is 10.0 Å². The van der Waals surface area contributed by atoms with Gasteiger partial charge in [0.25, 0.3) is 0 Å². The molecule has 0 aliphatic carbocycles. The van der Waals surface area contributed by atoms with Crippen molar-refractivity contribution in [2.24, 2.45) is 0 Å². The number of anilines is 1. The molecule has 7 nitrogen and oxygen atoms in total. The van der Waals surface area contributed by atoms with E-state index >= 15 is 0 Å². The van der Waals surface area contributed by atoms with E-state index in [1.54, 1.807) is 37.3 Å². The topological polar surface area (TPSA) is 102 Å². The molecule has 0 saturated heterocycles. The zero-order chi connectivity index (χ0) is 22.3. The Bertz CT molecular complexity index is 1200. The Labute approximate surface area is 184 Å². The van der Waals surface area contributed by atoms with Gasteiger partial charge >= 0.3 is 5.97 Å². The summed E-state index contributed by atoms with van der Waals surface area (Å²) in [7, 11) is -3.64. The van der Waals surface area contributed by atoms with E-state index in [1.807, 2.05) is 24.3 Å². The van der Waals surface area contributed by atoms with Crippen LogP contribution in [-0.2, 0) is 19.6 Å². The molecule has 3 aromatic rings. The van der Waals surface area contributed by atoms with Crippen LogP contribution in [0.3, 0.4) is 0 Å². The fourth-order valence-corrected chi connectivity index (χ4v) is 4.49. The average Bonchev–Trinajstić information content (AvgIpc) is 3.17. The second kappa shape index (κ2) is 10.3. The number of carbonyl (C=O) groups excluding carboxylic acids is 2. The predicted octanol–water partition coefficient (Wildman–Crippen LogP) is 4.00. The number of thiophene rings is 1.